The molecule has 5 rings (SSSR count). The van der Waals surface area contributed by atoms with Gasteiger partial charge < -0.3 is 18.6 Å². The van der Waals surface area contributed by atoms with E-state index in [4.69, 9.17) is 13.6 Å². The molecule has 156 valence electrons. The summed E-state index contributed by atoms with van der Waals surface area (Å²) in [4.78, 5) is 21.0. The highest BCUT2D eigenvalue weighted by molar-refractivity contribution is 7.99. The van der Waals surface area contributed by atoms with Crippen LogP contribution in [0.4, 0.5) is 0 Å². The van der Waals surface area contributed by atoms with Gasteiger partial charge in [-0.05, 0) is 31.2 Å². The van der Waals surface area contributed by atoms with E-state index in [0.717, 1.165) is 5.56 Å². The van der Waals surface area contributed by atoms with E-state index in [-0.39, 0.29) is 10.8 Å². The smallest absolute Gasteiger partial charge is 0.277 e. The predicted molar refractivity (Wildman–Crippen MR) is 119 cm³/mol. The first-order chi connectivity index (χ1) is 15.1. The first-order valence-corrected chi connectivity index (χ1v) is 11.1. The fourth-order valence-electron chi connectivity index (χ4n) is 3.17. The van der Waals surface area contributed by atoms with Gasteiger partial charge in [0.2, 0.25) is 0 Å². The number of hydrogen-bond donors (Lipinski definition) is 1. The molecule has 4 aromatic heterocycles. The normalized spacial score (nSPS) is 12.3. The van der Waals surface area contributed by atoms with Crippen molar-refractivity contribution >= 4 is 33.3 Å². The number of aromatic amines is 1. The maximum absolute atomic E-state index is 12.8. The second kappa shape index (κ2) is 8.05. The summed E-state index contributed by atoms with van der Waals surface area (Å²) in [6.07, 6.45) is 1.58. The number of benzene rings is 1. The maximum atomic E-state index is 12.8. The van der Waals surface area contributed by atoms with Gasteiger partial charge in [-0.25, -0.2) is 4.98 Å². The molecule has 1 aromatic carbocycles. The number of nitrogens with zero attached hydrogens (tertiary/aromatic N) is 3. The standard InChI is InChI=1S/C21H16N4O4S2/c1-11(31-21-25-24-19(29-21)12-6-3-4-7-14(12)27-2)17-22-18(26)16-13(10-30-20(16)23-17)15-8-5-9-28-15/h3-11H,1-2H3,(H,22,23,26). The van der Waals surface area contributed by atoms with Gasteiger partial charge in [0.25, 0.3) is 16.7 Å². The average molecular weight is 453 g/mol. The van der Waals surface area contributed by atoms with E-state index in [2.05, 4.69) is 20.2 Å². The molecular weight excluding hydrogens is 436 g/mol. The lowest BCUT2D eigenvalue weighted by Gasteiger charge is -2.07. The minimum absolute atomic E-state index is 0.208. The van der Waals surface area contributed by atoms with Crippen molar-refractivity contribution in [3.63, 3.8) is 0 Å². The van der Waals surface area contributed by atoms with Gasteiger partial charge in [-0.2, -0.15) is 0 Å². The zero-order valence-corrected chi connectivity index (χ0v) is 18.1. The molecule has 0 spiro atoms. The number of aromatic nitrogens is 4. The third kappa shape index (κ3) is 3.64. The lowest BCUT2D eigenvalue weighted by molar-refractivity contribution is 0.411. The summed E-state index contributed by atoms with van der Waals surface area (Å²) in [5.41, 5.74) is 1.25. The molecule has 0 saturated heterocycles. The Kier molecular flexibility index (Phi) is 5.08. The van der Waals surface area contributed by atoms with Crippen LogP contribution in [0.2, 0.25) is 0 Å². The molecule has 10 heteroatoms. The molecule has 4 heterocycles. The third-order valence-electron chi connectivity index (χ3n) is 4.66. The highest BCUT2D eigenvalue weighted by Gasteiger charge is 2.20. The largest absolute Gasteiger partial charge is 0.496 e. The lowest BCUT2D eigenvalue weighted by atomic mass is 10.2. The van der Waals surface area contributed by atoms with Crippen molar-refractivity contribution < 1.29 is 13.6 Å². The van der Waals surface area contributed by atoms with Crippen LogP contribution in [-0.4, -0.2) is 27.3 Å². The maximum Gasteiger partial charge on any atom is 0.277 e. The monoisotopic (exact) mass is 452 g/mol. The van der Waals surface area contributed by atoms with Crippen molar-refractivity contribution in [1.82, 2.24) is 20.2 Å². The summed E-state index contributed by atoms with van der Waals surface area (Å²) in [6, 6.07) is 11.0. The van der Waals surface area contributed by atoms with Gasteiger partial charge in [-0.15, -0.1) is 21.5 Å². The second-order valence-electron chi connectivity index (χ2n) is 6.59. The van der Waals surface area contributed by atoms with Crippen LogP contribution in [0.3, 0.4) is 0 Å². The van der Waals surface area contributed by atoms with E-state index in [1.807, 2.05) is 42.6 Å². The first kappa shape index (κ1) is 19.6. The summed E-state index contributed by atoms with van der Waals surface area (Å²) in [5, 5.41) is 10.8. The quantitative estimate of drug-likeness (QED) is 0.352. The Morgan fingerprint density at radius 3 is 2.84 bits per heavy atom. The van der Waals surface area contributed by atoms with E-state index in [1.165, 1.54) is 23.1 Å². The highest BCUT2D eigenvalue weighted by Crippen LogP contribution is 2.37. The van der Waals surface area contributed by atoms with Crippen molar-refractivity contribution in [2.24, 2.45) is 0 Å². The van der Waals surface area contributed by atoms with Crippen LogP contribution in [0, 0.1) is 0 Å². The molecule has 8 nitrogen and oxygen atoms in total. The Morgan fingerprint density at radius 1 is 1.16 bits per heavy atom. The van der Waals surface area contributed by atoms with Crippen molar-refractivity contribution in [1.29, 1.82) is 0 Å². The average Bonchev–Trinajstić information content (AvgIpc) is 3.54. The van der Waals surface area contributed by atoms with E-state index < -0.39 is 0 Å². The molecule has 0 bridgehead atoms. The molecule has 0 saturated carbocycles. The Morgan fingerprint density at radius 2 is 2.03 bits per heavy atom. The summed E-state index contributed by atoms with van der Waals surface area (Å²) < 4.78 is 16.6. The van der Waals surface area contributed by atoms with Gasteiger partial charge >= 0.3 is 0 Å². The van der Waals surface area contributed by atoms with Crippen LogP contribution < -0.4 is 10.3 Å². The minimum Gasteiger partial charge on any atom is -0.496 e. The topological polar surface area (TPSA) is 107 Å². The lowest BCUT2D eigenvalue weighted by Crippen LogP contribution is -2.12. The van der Waals surface area contributed by atoms with Crippen LogP contribution in [0.1, 0.15) is 18.0 Å². The summed E-state index contributed by atoms with van der Waals surface area (Å²) in [5.74, 6) is 2.19. The molecule has 0 fully saturated rings. The Balaban J connectivity index is 1.42. The summed E-state index contributed by atoms with van der Waals surface area (Å²) >= 11 is 2.72. The number of rotatable bonds is 6. The van der Waals surface area contributed by atoms with Crippen LogP contribution in [0.25, 0.3) is 33.0 Å². The van der Waals surface area contributed by atoms with Crippen molar-refractivity contribution in [2.75, 3.05) is 7.11 Å². The van der Waals surface area contributed by atoms with E-state index in [1.54, 1.807) is 19.4 Å². The van der Waals surface area contributed by atoms with Crippen LogP contribution in [0.5, 0.6) is 5.75 Å². The molecule has 1 atom stereocenters. The van der Waals surface area contributed by atoms with Gasteiger partial charge in [0, 0.05) is 10.9 Å². The number of ether oxygens (including phenoxy) is 1. The van der Waals surface area contributed by atoms with Gasteiger partial charge in [-0.1, -0.05) is 23.9 Å². The number of fused-ring (bicyclic) bond motifs is 1. The molecule has 0 aliphatic heterocycles. The molecule has 0 amide bonds. The number of methoxy groups -OCH3 is 1. The summed E-state index contributed by atoms with van der Waals surface area (Å²) in [6.45, 7) is 1.92. The van der Waals surface area contributed by atoms with Crippen molar-refractivity contribution in [3.05, 3.63) is 64.2 Å². The number of hydrogen-bond acceptors (Lipinski definition) is 9. The van der Waals surface area contributed by atoms with Crippen molar-refractivity contribution in [2.45, 2.75) is 17.4 Å². The zero-order chi connectivity index (χ0) is 21.4. The molecular formula is C21H16N4O4S2. The molecule has 0 aliphatic carbocycles. The van der Waals surface area contributed by atoms with Crippen LogP contribution >= 0.6 is 23.1 Å². The van der Waals surface area contributed by atoms with E-state index >= 15 is 0 Å². The molecule has 1 unspecified atom stereocenters. The van der Waals surface area contributed by atoms with Crippen LogP contribution in [0.15, 0.2) is 66.9 Å². The number of furan rings is 1. The SMILES string of the molecule is COc1ccccc1-c1nnc(SC(C)c2nc3scc(-c4ccco4)c3c(=O)[nH]2)o1. The van der Waals surface area contributed by atoms with Gasteiger partial charge in [0.1, 0.15) is 22.2 Å². The summed E-state index contributed by atoms with van der Waals surface area (Å²) in [7, 11) is 1.59. The van der Waals surface area contributed by atoms with E-state index in [0.29, 0.717) is 44.2 Å². The third-order valence-corrected chi connectivity index (χ3v) is 6.47. The van der Waals surface area contributed by atoms with E-state index in [9.17, 15) is 4.79 Å². The number of nitrogens with one attached hydrogen (secondary N) is 1. The highest BCUT2D eigenvalue weighted by atomic mass is 32.2. The fraction of sp³-hybridized carbons (Fsp3) is 0.143. The molecule has 5 aromatic rings. The Hall–Kier alpha value is -3.37. The fourth-order valence-corrected chi connectivity index (χ4v) is 4.84. The Labute approximate surface area is 184 Å². The number of H-pyrrole nitrogens is 1. The van der Waals surface area contributed by atoms with Gasteiger partial charge in [0.15, 0.2) is 0 Å². The minimum atomic E-state index is -0.211. The zero-order valence-electron chi connectivity index (χ0n) is 16.5. The molecule has 0 radical (unpaired) electrons. The predicted octanol–water partition coefficient (Wildman–Crippen LogP) is 5.16. The van der Waals surface area contributed by atoms with Gasteiger partial charge in [-0.3, -0.25) is 4.79 Å². The second-order valence-corrected chi connectivity index (χ2v) is 8.74. The van der Waals surface area contributed by atoms with Crippen molar-refractivity contribution in [3.8, 4) is 28.5 Å². The number of thiophene rings is 1. The first-order valence-electron chi connectivity index (χ1n) is 9.33. The van der Waals surface area contributed by atoms with Crippen LogP contribution in [-0.2, 0) is 0 Å². The van der Waals surface area contributed by atoms with Gasteiger partial charge in [0.05, 0.1) is 29.6 Å². The molecule has 1 N–H and O–H groups in total. The molecule has 0 aliphatic rings. The number of thioether (sulfide) groups is 1. The Bertz CT molecular complexity index is 1400. The molecule has 31 heavy (non-hydrogen) atoms. The number of para-hydroxylation sites is 1.